The largest absolute Gasteiger partial charge is 0.417 e. The molecule has 0 saturated carbocycles. The number of ether oxygens (including phenoxy) is 2. The van der Waals surface area contributed by atoms with Gasteiger partial charge >= 0.3 is 6.18 Å². The highest BCUT2D eigenvalue weighted by Crippen LogP contribution is 2.32. The molecule has 1 rings (SSSR count). The Bertz CT molecular complexity index is 455. The van der Waals surface area contributed by atoms with Crippen molar-refractivity contribution in [2.75, 3.05) is 40.5 Å². The topological polar surface area (TPSA) is 38.8 Å². The summed E-state index contributed by atoms with van der Waals surface area (Å²) in [5.41, 5.74) is -1.30. The van der Waals surface area contributed by atoms with Crippen molar-refractivity contribution in [1.29, 1.82) is 0 Å². The van der Waals surface area contributed by atoms with E-state index in [2.05, 4.69) is 0 Å². The van der Waals surface area contributed by atoms with Gasteiger partial charge in [0.15, 0.2) is 0 Å². The average molecular weight is 305 g/mol. The third-order valence-corrected chi connectivity index (χ3v) is 2.88. The minimum Gasteiger partial charge on any atom is -0.383 e. The predicted molar refractivity (Wildman–Crippen MR) is 71.1 cm³/mol. The Hall–Kier alpha value is -1.60. The van der Waals surface area contributed by atoms with E-state index in [0.717, 1.165) is 6.07 Å². The Morgan fingerprint density at radius 1 is 1.10 bits per heavy atom. The van der Waals surface area contributed by atoms with Crippen molar-refractivity contribution in [3.8, 4) is 0 Å². The zero-order chi connectivity index (χ0) is 15.9. The third-order valence-electron chi connectivity index (χ3n) is 2.88. The molecule has 118 valence electrons. The van der Waals surface area contributed by atoms with E-state index in [0.29, 0.717) is 0 Å². The number of rotatable bonds is 7. The van der Waals surface area contributed by atoms with Gasteiger partial charge in [-0.3, -0.25) is 4.79 Å². The fourth-order valence-corrected chi connectivity index (χ4v) is 1.81. The molecule has 0 N–H and O–H groups in total. The number of alkyl halides is 3. The van der Waals surface area contributed by atoms with Crippen molar-refractivity contribution < 1.29 is 27.4 Å². The van der Waals surface area contributed by atoms with Crippen LogP contribution in [0.3, 0.4) is 0 Å². The van der Waals surface area contributed by atoms with Gasteiger partial charge in [0, 0.05) is 27.3 Å². The number of hydrogen-bond donors (Lipinski definition) is 0. The number of methoxy groups -OCH3 is 2. The highest BCUT2D eigenvalue weighted by Gasteiger charge is 2.35. The van der Waals surface area contributed by atoms with Gasteiger partial charge in [-0.05, 0) is 12.1 Å². The molecule has 1 aromatic rings. The molecule has 21 heavy (non-hydrogen) atoms. The van der Waals surface area contributed by atoms with Crippen LogP contribution in [0, 0.1) is 0 Å². The van der Waals surface area contributed by atoms with Crippen molar-refractivity contribution in [2.45, 2.75) is 6.18 Å². The van der Waals surface area contributed by atoms with Gasteiger partial charge in [0.2, 0.25) is 0 Å². The molecule has 0 unspecified atom stereocenters. The van der Waals surface area contributed by atoms with Gasteiger partial charge in [-0.2, -0.15) is 13.2 Å². The molecule has 0 aromatic heterocycles. The van der Waals surface area contributed by atoms with Crippen molar-refractivity contribution in [3.05, 3.63) is 35.4 Å². The molecule has 0 spiro atoms. The van der Waals surface area contributed by atoms with Crippen LogP contribution < -0.4 is 0 Å². The molecule has 0 atom stereocenters. The zero-order valence-electron chi connectivity index (χ0n) is 11.9. The maximum Gasteiger partial charge on any atom is 0.417 e. The summed E-state index contributed by atoms with van der Waals surface area (Å²) in [5, 5.41) is 0. The monoisotopic (exact) mass is 305 g/mol. The second-order valence-corrected chi connectivity index (χ2v) is 4.32. The molecule has 4 nitrogen and oxygen atoms in total. The van der Waals surface area contributed by atoms with Crippen molar-refractivity contribution >= 4 is 5.91 Å². The summed E-state index contributed by atoms with van der Waals surface area (Å²) in [6.45, 7) is 0.878. The summed E-state index contributed by atoms with van der Waals surface area (Å²) in [5.74, 6) is -0.683. The van der Waals surface area contributed by atoms with Crippen molar-refractivity contribution in [1.82, 2.24) is 4.90 Å². The summed E-state index contributed by atoms with van der Waals surface area (Å²) < 4.78 is 48.6. The van der Waals surface area contributed by atoms with E-state index in [1.54, 1.807) is 0 Å². The van der Waals surface area contributed by atoms with Crippen LogP contribution in [0.4, 0.5) is 13.2 Å². The van der Waals surface area contributed by atoms with Crippen molar-refractivity contribution in [3.63, 3.8) is 0 Å². The molecule has 0 saturated heterocycles. The van der Waals surface area contributed by atoms with Crippen LogP contribution in [0.1, 0.15) is 15.9 Å². The fraction of sp³-hybridized carbons (Fsp3) is 0.500. The second-order valence-electron chi connectivity index (χ2n) is 4.32. The molecule has 0 heterocycles. The number of benzene rings is 1. The molecular weight excluding hydrogens is 287 g/mol. The first-order valence-electron chi connectivity index (χ1n) is 6.35. The third kappa shape index (κ3) is 5.02. The van der Waals surface area contributed by atoms with Crippen LogP contribution in [0.5, 0.6) is 0 Å². The number of carbonyl (C=O) groups is 1. The van der Waals surface area contributed by atoms with Crippen LogP contribution in [0.2, 0.25) is 0 Å². The number of carbonyl (C=O) groups excluding carboxylic acids is 1. The van der Waals surface area contributed by atoms with Gasteiger partial charge < -0.3 is 14.4 Å². The number of hydrogen-bond acceptors (Lipinski definition) is 3. The molecule has 0 aliphatic carbocycles. The lowest BCUT2D eigenvalue weighted by Gasteiger charge is -2.23. The zero-order valence-corrected chi connectivity index (χ0v) is 11.9. The first-order valence-corrected chi connectivity index (χ1v) is 6.35. The maximum atomic E-state index is 13.0. The standard InChI is InChI=1S/C14H18F3NO3/c1-20-9-7-18(8-10-21-2)13(19)11-5-3-4-6-12(11)14(15,16)17/h3-6H,7-10H2,1-2H3. The molecule has 1 aromatic carbocycles. The minimum absolute atomic E-state index is 0.199. The van der Waals surface area contributed by atoms with E-state index in [4.69, 9.17) is 9.47 Å². The number of nitrogens with zero attached hydrogens (tertiary/aromatic N) is 1. The van der Waals surface area contributed by atoms with E-state index in [-0.39, 0.29) is 31.9 Å². The van der Waals surface area contributed by atoms with Gasteiger partial charge in [0.05, 0.1) is 24.3 Å². The highest BCUT2D eigenvalue weighted by atomic mass is 19.4. The molecule has 0 bridgehead atoms. The molecule has 0 aliphatic rings. The Morgan fingerprint density at radius 2 is 1.62 bits per heavy atom. The second kappa shape index (κ2) is 7.99. The lowest BCUT2D eigenvalue weighted by atomic mass is 10.1. The van der Waals surface area contributed by atoms with Gasteiger partial charge in [0.1, 0.15) is 0 Å². The van der Waals surface area contributed by atoms with Gasteiger partial charge in [0.25, 0.3) is 5.91 Å². The van der Waals surface area contributed by atoms with E-state index in [1.807, 2.05) is 0 Å². The number of amides is 1. The van der Waals surface area contributed by atoms with Gasteiger partial charge in [-0.25, -0.2) is 0 Å². The van der Waals surface area contributed by atoms with Crippen LogP contribution in [0.15, 0.2) is 24.3 Å². The Morgan fingerprint density at radius 3 is 2.10 bits per heavy atom. The predicted octanol–water partition coefficient (Wildman–Crippen LogP) is 2.44. The van der Waals surface area contributed by atoms with Crippen LogP contribution >= 0.6 is 0 Å². The molecule has 0 aliphatic heterocycles. The Balaban J connectivity index is 3.02. The lowest BCUT2D eigenvalue weighted by Crippen LogP contribution is -2.37. The van der Waals surface area contributed by atoms with E-state index in [9.17, 15) is 18.0 Å². The van der Waals surface area contributed by atoms with Gasteiger partial charge in [-0.15, -0.1) is 0 Å². The summed E-state index contributed by atoms with van der Waals surface area (Å²) >= 11 is 0. The smallest absolute Gasteiger partial charge is 0.383 e. The summed E-state index contributed by atoms with van der Waals surface area (Å²) in [6.07, 6.45) is -4.57. The highest BCUT2D eigenvalue weighted by molar-refractivity contribution is 5.95. The lowest BCUT2D eigenvalue weighted by molar-refractivity contribution is -0.138. The van der Waals surface area contributed by atoms with E-state index in [1.165, 1.54) is 37.3 Å². The Labute approximate surface area is 121 Å². The Kier molecular flexibility index (Phi) is 6.64. The summed E-state index contributed by atoms with van der Waals surface area (Å²) in [7, 11) is 2.92. The van der Waals surface area contributed by atoms with Crippen LogP contribution in [0.25, 0.3) is 0 Å². The molecule has 0 radical (unpaired) electrons. The van der Waals surface area contributed by atoms with Gasteiger partial charge in [-0.1, -0.05) is 12.1 Å². The molecule has 1 amide bonds. The SMILES string of the molecule is COCCN(CCOC)C(=O)c1ccccc1C(F)(F)F. The van der Waals surface area contributed by atoms with Crippen LogP contribution in [-0.4, -0.2) is 51.3 Å². The number of halogens is 3. The van der Waals surface area contributed by atoms with Crippen molar-refractivity contribution in [2.24, 2.45) is 0 Å². The summed E-state index contributed by atoms with van der Waals surface area (Å²) in [6, 6.07) is 4.75. The first kappa shape index (κ1) is 17.5. The normalized spacial score (nSPS) is 11.5. The molecule has 0 fully saturated rings. The quantitative estimate of drug-likeness (QED) is 0.776. The fourth-order valence-electron chi connectivity index (χ4n) is 1.81. The molecular formula is C14H18F3NO3. The maximum absolute atomic E-state index is 13.0. The molecule has 7 heteroatoms. The first-order chi connectivity index (χ1) is 9.91. The van der Waals surface area contributed by atoms with E-state index >= 15 is 0 Å². The summed E-state index contributed by atoms with van der Waals surface area (Å²) in [4.78, 5) is 13.6. The van der Waals surface area contributed by atoms with E-state index < -0.39 is 17.6 Å². The average Bonchev–Trinajstić information content (AvgIpc) is 2.46. The minimum atomic E-state index is -4.57. The van der Waals surface area contributed by atoms with Crippen LogP contribution in [-0.2, 0) is 15.7 Å².